The van der Waals surface area contributed by atoms with Gasteiger partial charge in [-0.15, -0.1) is 0 Å². The van der Waals surface area contributed by atoms with E-state index in [4.69, 9.17) is 5.11 Å². The Morgan fingerprint density at radius 2 is 1.89 bits per heavy atom. The van der Waals surface area contributed by atoms with Crippen LogP contribution in [0.1, 0.15) is 36.2 Å². The zero-order valence-corrected chi connectivity index (χ0v) is 10.4. The Kier molecular flexibility index (Phi) is 3.46. The molecule has 0 aliphatic heterocycles. The summed E-state index contributed by atoms with van der Waals surface area (Å²) < 4.78 is 26.2. The minimum absolute atomic E-state index is 0.225. The highest BCUT2D eigenvalue weighted by Crippen LogP contribution is 2.26. The Labute approximate surface area is 104 Å². The van der Waals surface area contributed by atoms with Gasteiger partial charge in [0.15, 0.2) is 11.5 Å². The van der Waals surface area contributed by atoms with Crippen molar-refractivity contribution in [2.24, 2.45) is 0 Å². The summed E-state index contributed by atoms with van der Waals surface area (Å²) >= 11 is 0. The molecule has 0 aromatic carbocycles. The van der Waals surface area contributed by atoms with Gasteiger partial charge < -0.3 is 5.11 Å². The molecule has 0 unspecified atom stereocenters. The van der Waals surface area contributed by atoms with Gasteiger partial charge in [-0.2, -0.15) is 0 Å². The van der Waals surface area contributed by atoms with E-state index in [2.05, 4.69) is 14.7 Å². The van der Waals surface area contributed by atoms with Crippen LogP contribution >= 0.6 is 0 Å². The van der Waals surface area contributed by atoms with Crippen LogP contribution in [-0.4, -0.2) is 34.7 Å². The van der Waals surface area contributed by atoms with Gasteiger partial charge in [0.1, 0.15) is 0 Å². The number of carboxylic acid groups (broad SMARTS) is 1. The van der Waals surface area contributed by atoms with Crippen molar-refractivity contribution in [2.45, 2.75) is 30.9 Å². The molecule has 7 nitrogen and oxygen atoms in total. The van der Waals surface area contributed by atoms with Gasteiger partial charge in [-0.25, -0.2) is 23.2 Å². The molecule has 1 fully saturated rings. The second-order valence-electron chi connectivity index (χ2n) is 4.11. The molecule has 2 rings (SSSR count). The third kappa shape index (κ3) is 2.58. The number of aromatic nitrogens is 2. The number of carboxylic acids is 1. The number of aromatic carboxylic acids is 1. The van der Waals surface area contributed by atoms with Gasteiger partial charge in [-0.3, -0.25) is 4.72 Å². The van der Waals surface area contributed by atoms with E-state index in [-0.39, 0.29) is 11.5 Å². The van der Waals surface area contributed by atoms with Crippen molar-refractivity contribution in [2.75, 3.05) is 4.72 Å². The van der Waals surface area contributed by atoms with E-state index in [0.717, 1.165) is 12.8 Å². The van der Waals surface area contributed by atoms with Crippen LogP contribution < -0.4 is 4.72 Å². The highest BCUT2D eigenvalue weighted by atomic mass is 32.2. The maximum Gasteiger partial charge on any atom is 0.358 e. The zero-order valence-electron chi connectivity index (χ0n) is 9.54. The van der Waals surface area contributed by atoms with E-state index in [1.807, 2.05) is 0 Å². The maximum absolute atomic E-state index is 12.0. The van der Waals surface area contributed by atoms with Crippen molar-refractivity contribution in [3.63, 3.8) is 0 Å². The lowest BCUT2D eigenvalue weighted by Gasteiger charge is -2.13. The molecule has 1 heterocycles. The topological polar surface area (TPSA) is 109 Å². The molecule has 0 spiro atoms. The first-order valence-corrected chi connectivity index (χ1v) is 7.11. The second-order valence-corrected chi connectivity index (χ2v) is 6.07. The smallest absolute Gasteiger partial charge is 0.358 e. The number of carbonyl (C=O) groups is 1. The van der Waals surface area contributed by atoms with E-state index in [0.29, 0.717) is 12.8 Å². The molecule has 0 amide bonds. The van der Waals surface area contributed by atoms with Gasteiger partial charge in [-0.1, -0.05) is 12.8 Å². The largest absolute Gasteiger partial charge is 0.476 e. The fraction of sp³-hybridized carbons (Fsp3) is 0.500. The number of nitrogens with one attached hydrogen (secondary N) is 1. The van der Waals surface area contributed by atoms with Crippen LogP contribution in [-0.2, 0) is 10.0 Å². The average molecular weight is 271 g/mol. The highest BCUT2D eigenvalue weighted by Gasteiger charge is 2.30. The molecular weight excluding hydrogens is 258 g/mol. The lowest BCUT2D eigenvalue weighted by atomic mass is 10.4. The minimum Gasteiger partial charge on any atom is -0.476 e. The van der Waals surface area contributed by atoms with Gasteiger partial charge in [0, 0.05) is 12.4 Å². The van der Waals surface area contributed by atoms with Crippen LogP contribution in [0.4, 0.5) is 5.82 Å². The lowest BCUT2D eigenvalue weighted by Crippen LogP contribution is -2.27. The van der Waals surface area contributed by atoms with E-state index in [1.54, 1.807) is 0 Å². The number of hydrogen-bond acceptors (Lipinski definition) is 5. The number of sulfonamides is 1. The first-order chi connectivity index (χ1) is 8.50. The van der Waals surface area contributed by atoms with Gasteiger partial charge in [0.2, 0.25) is 10.0 Å². The van der Waals surface area contributed by atoms with Crippen LogP contribution in [0.25, 0.3) is 0 Å². The molecule has 98 valence electrons. The van der Waals surface area contributed by atoms with Crippen LogP contribution in [0.3, 0.4) is 0 Å². The third-order valence-electron chi connectivity index (χ3n) is 2.88. The molecule has 18 heavy (non-hydrogen) atoms. The molecule has 2 N–H and O–H groups in total. The molecule has 0 atom stereocenters. The van der Waals surface area contributed by atoms with Crippen LogP contribution in [0.2, 0.25) is 0 Å². The zero-order chi connectivity index (χ0) is 13.2. The first kappa shape index (κ1) is 12.7. The quantitative estimate of drug-likeness (QED) is 0.840. The van der Waals surface area contributed by atoms with E-state index < -0.39 is 21.2 Å². The van der Waals surface area contributed by atoms with Gasteiger partial charge in [-0.05, 0) is 12.8 Å². The van der Waals surface area contributed by atoms with Crippen LogP contribution in [0, 0.1) is 0 Å². The number of anilines is 1. The van der Waals surface area contributed by atoms with Crippen molar-refractivity contribution in [3.05, 3.63) is 18.1 Å². The predicted molar refractivity (Wildman–Crippen MR) is 63.8 cm³/mol. The molecular formula is C10H13N3O4S. The van der Waals surface area contributed by atoms with Crippen molar-refractivity contribution < 1.29 is 18.3 Å². The average Bonchev–Trinajstić information content (AvgIpc) is 2.83. The van der Waals surface area contributed by atoms with Gasteiger partial charge in [0.25, 0.3) is 0 Å². The summed E-state index contributed by atoms with van der Waals surface area (Å²) in [7, 11) is -3.58. The molecule has 0 bridgehead atoms. The SMILES string of the molecule is O=C(O)c1nccnc1NS(=O)(=O)C1CCCC1. The first-order valence-electron chi connectivity index (χ1n) is 5.56. The molecule has 0 saturated heterocycles. The predicted octanol–water partition coefficient (Wildman–Crippen LogP) is 0.859. The molecule has 0 radical (unpaired) electrons. The number of hydrogen-bond donors (Lipinski definition) is 2. The van der Waals surface area contributed by atoms with E-state index in [9.17, 15) is 13.2 Å². The normalized spacial score (nSPS) is 16.7. The Hall–Kier alpha value is -1.70. The van der Waals surface area contributed by atoms with Crippen LogP contribution in [0.5, 0.6) is 0 Å². The summed E-state index contributed by atoms with van der Waals surface area (Å²) in [5, 5.41) is 8.42. The lowest BCUT2D eigenvalue weighted by molar-refractivity contribution is 0.0691. The molecule has 1 aliphatic carbocycles. The summed E-state index contributed by atoms with van der Waals surface area (Å²) in [5.41, 5.74) is -0.390. The molecule has 1 saturated carbocycles. The Morgan fingerprint density at radius 3 is 2.50 bits per heavy atom. The summed E-state index contributed by atoms with van der Waals surface area (Å²) in [4.78, 5) is 18.2. The molecule has 1 aromatic rings. The molecule has 1 aliphatic rings. The maximum atomic E-state index is 12.0. The van der Waals surface area contributed by atoms with Crippen molar-refractivity contribution >= 4 is 21.8 Å². The molecule has 1 aromatic heterocycles. The summed E-state index contributed by atoms with van der Waals surface area (Å²) in [6, 6.07) is 0. The summed E-state index contributed by atoms with van der Waals surface area (Å²) in [6.45, 7) is 0. The minimum atomic E-state index is -3.58. The highest BCUT2D eigenvalue weighted by molar-refractivity contribution is 7.93. The van der Waals surface area contributed by atoms with Crippen LogP contribution in [0.15, 0.2) is 12.4 Å². The Morgan fingerprint density at radius 1 is 1.28 bits per heavy atom. The fourth-order valence-electron chi connectivity index (χ4n) is 1.99. The molecule has 8 heteroatoms. The second kappa shape index (κ2) is 4.89. The Bertz CT molecular complexity index is 552. The number of rotatable bonds is 4. The van der Waals surface area contributed by atoms with E-state index in [1.165, 1.54) is 12.4 Å². The number of nitrogens with zero attached hydrogens (tertiary/aromatic N) is 2. The summed E-state index contributed by atoms with van der Waals surface area (Å²) in [5.74, 6) is -1.54. The standard InChI is InChI=1S/C10H13N3O4S/c14-10(15)8-9(12-6-5-11-8)13-18(16,17)7-3-1-2-4-7/h5-7H,1-4H2,(H,12,13)(H,14,15). The third-order valence-corrected chi connectivity index (χ3v) is 4.71. The van der Waals surface area contributed by atoms with Gasteiger partial charge in [0.05, 0.1) is 5.25 Å². The van der Waals surface area contributed by atoms with Gasteiger partial charge >= 0.3 is 5.97 Å². The Balaban J connectivity index is 2.26. The van der Waals surface area contributed by atoms with Crippen molar-refractivity contribution in [1.29, 1.82) is 0 Å². The van der Waals surface area contributed by atoms with E-state index >= 15 is 0 Å². The summed E-state index contributed by atoms with van der Waals surface area (Å²) in [6.07, 6.45) is 5.39. The van der Waals surface area contributed by atoms with Crippen molar-refractivity contribution in [3.8, 4) is 0 Å². The monoisotopic (exact) mass is 271 g/mol. The fourth-order valence-corrected chi connectivity index (χ4v) is 3.53. The van der Waals surface area contributed by atoms with Crippen molar-refractivity contribution in [1.82, 2.24) is 9.97 Å².